The quantitative estimate of drug-likeness (QED) is 0.492. The molecule has 1 aromatic carbocycles. The van der Waals surface area contributed by atoms with Gasteiger partial charge in [-0.2, -0.15) is 4.98 Å². The van der Waals surface area contributed by atoms with Gasteiger partial charge in [0.25, 0.3) is 5.56 Å². The summed E-state index contributed by atoms with van der Waals surface area (Å²) in [5.74, 6) is 3.14. The standard InChI is InChI=1S/C22H18N6O3/c1-27-9-23-19-18(27)20(29)28(10-24-19)8-15-25-21(26-31-15)22-14-7-13(16(22)17(14)22)11-3-5-12(30-2)6-4-11/h3-6,9-10,14,17H,7-8H2,1-2H3/t14-,17-,22+/m1/s1. The highest BCUT2D eigenvalue weighted by Crippen LogP contribution is 2.90. The van der Waals surface area contributed by atoms with Crippen LogP contribution in [0.4, 0.5) is 0 Å². The predicted molar refractivity (Wildman–Crippen MR) is 109 cm³/mol. The topological polar surface area (TPSA) is 101 Å². The third-order valence-electron chi connectivity index (χ3n) is 7.07. The van der Waals surface area contributed by atoms with E-state index in [2.05, 4.69) is 32.2 Å². The van der Waals surface area contributed by atoms with E-state index in [0.717, 1.165) is 18.0 Å². The maximum Gasteiger partial charge on any atom is 0.280 e. The van der Waals surface area contributed by atoms with E-state index in [1.54, 1.807) is 25.1 Å². The first-order valence-electron chi connectivity index (χ1n) is 10.2. The summed E-state index contributed by atoms with van der Waals surface area (Å²) >= 11 is 0. The van der Waals surface area contributed by atoms with E-state index in [1.165, 1.54) is 27.6 Å². The summed E-state index contributed by atoms with van der Waals surface area (Å²) in [6.07, 6.45) is 4.11. The van der Waals surface area contributed by atoms with Gasteiger partial charge in [-0.1, -0.05) is 17.3 Å². The van der Waals surface area contributed by atoms with E-state index in [9.17, 15) is 4.79 Å². The Kier molecular flexibility index (Phi) is 3.00. The Morgan fingerprint density at radius 2 is 2.03 bits per heavy atom. The molecule has 9 heteroatoms. The lowest BCUT2D eigenvalue weighted by atomic mass is 10.1. The second-order valence-corrected chi connectivity index (χ2v) is 8.50. The molecular weight excluding hydrogens is 396 g/mol. The molecule has 2 bridgehead atoms. The van der Waals surface area contributed by atoms with Gasteiger partial charge in [-0.05, 0) is 41.2 Å². The van der Waals surface area contributed by atoms with Gasteiger partial charge in [0.05, 0.1) is 18.9 Å². The van der Waals surface area contributed by atoms with Crippen molar-refractivity contribution in [1.82, 2.24) is 29.2 Å². The molecule has 0 amide bonds. The molecule has 4 aromatic rings. The van der Waals surface area contributed by atoms with Crippen LogP contribution in [0.1, 0.15) is 23.7 Å². The number of fused-ring (bicyclic) bond motifs is 2. The van der Waals surface area contributed by atoms with Crippen molar-refractivity contribution < 1.29 is 9.26 Å². The summed E-state index contributed by atoms with van der Waals surface area (Å²) in [4.78, 5) is 25.8. The van der Waals surface area contributed by atoms with Crippen molar-refractivity contribution in [2.24, 2.45) is 18.9 Å². The number of hydrogen-bond donors (Lipinski definition) is 0. The van der Waals surface area contributed by atoms with Gasteiger partial charge >= 0.3 is 0 Å². The largest absolute Gasteiger partial charge is 0.497 e. The number of methoxy groups -OCH3 is 1. The number of nitrogens with zero attached hydrogens (tertiary/aromatic N) is 6. The number of aromatic nitrogens is 6. The Hall–Kier alpha value is -3.75. The van der Waals surface area contributed by atoms with Crippen LogP contribution in [-0.4, -0.2) is 36.4 Å². The SMILES string of the molecule is COc1ccc(C2=C3[C@H]4[C@@H](C2)[C@]34c2noc(Cn3cnc4ncn(C)c4c3=O)n2)cc1. The van der Waals surface area contributed by atoms with Gasteiger partial charge in [-0.25, -0.2) is 9.97 Å². The molecule has 31 heavy (non-hydrogen) atoms. The van der Waals surface area contributed by atoms with E-state index in [4.69, 9.17) is 9.26 Å². The van der Waals surface area contributed by atoms with Gasteiger partial charge < -0.3 is 13.8 Å². The average molecular weight is 414 g/mol. The van der Waals surface area contributed by atoms with Gasteiger partial charge in [-0.15, -0.1) is 0 Å². The van der Waals surface area contributed by atoms with Crippen LogP contribution in [0.15, 0.2) is 51.8 Å². The minimum atomic E-state index is -0.178. The van der Waals surface area contributed by atoms with Crippen LogP contribution in [0.2, 0.25) is 0 Å². The molecule has 0 aliphatic heterocycles. The second kappa shape index (κ2) is 5.48. The number of allylic oxidation sites excluding steroid dienone is 2. The summed E-state index contributed by atoms with van der Waals surface area (Å²) in [7, 11) is 3.45. The zero-order valence-electron chi connectivity index (χ0n) is 16.9. The van der Waals surface area contributed by atoms with Crippen LogP contribution in [0.5, 0.6) is 5.75 Å². The van der Waals surface area contributed by atoms with Crippen LogP contribution in [0, 0.1) is 11.8 Å². The summed E-state index contributed by atoms with van der Waals surface area (Å²) in [5, 5.41) is 4.29. The molecule has 3 atom stereocenters. The third kappa shape index (κ3) is 2.03. The average Bonchev–Trinajstić information content (AvgIpc) is 3.25. The third-order valence-corrected chi connectivity index (χ3v) is 7.07. The van der Waals surface area contributed by atoms with E-state index >= 15 is 0 Å². The molecule has 4 aliphatic rings. The molecule has 8 rings (SSSR count). The minimum Gasteiger partial charge on any atom is -0.497 e. The van der Waals surface area contributed by atoms with Crippen LogP contribution in [0.3, 0.4) is 0 Å². The van der Waals surface area contributed by atoms with Crippen LogP contribution in [0.25, 0.3) is 16.7 Å². The molecule has 3 aromatic heterocycles. The molecule has 2 fully saturated rings. The fourth-order valence-corrected chi connectivity index (χ4v) is 5.49. The van der Waals surface area contributed by atoms with Crippen molar-refractivity contribution >= 4 is 16.7 Å². The highest BCUT2D eigenvalue weighted by molar-refractivity contribution is 5.90. The Morgan fingerprint density at radius 3 is 2.81 bits per heavy atom. The van der Waals surface area contributed by atoms with E-state index in [-0.39, 0.29) is 17.5 Å². The number of hydrogen-bond acceptors (Lipinski definition) is 7. The first-order chi connectivity index (χ1) is 15.1. The number of rotatable bonds is 5. The van der Waals surface area contributed by atoms with Crippen molar-refractivity contribution in [2.45, 2.75) is 18.4 Å². The first-order valence-corrected chi connectivity index (χ1v) is 10.2. The van der Waals surface area contributed by atoms with E-state index in [0.29, 0.717) is 28.9 Å². The van der Waals surface area contributed by atoms with Gasteiger partial charge in [0.15, 0.2) is 17.0 Å². The minimum absolute atomic E-state index is 0.0355. The zero-order chi connectivity index (χ0) is 20.9. The van der Waals surface area contributed by atoms with E-state index in [1.807, 2.05) is 12.1 Å². The molecule has 0 unspecified atom stereocenters. The first kappa shape index (κ1) is 17.0. The highest BCUT2D eigenvalue weighted by atomic mass is 16.5. The Balaban J connectivity index is 1.18. The molecular formula is C22H18N6O3. The maximum atomic E-state index is 12.8. The van der Waals surface area contributed by atoms with Crippen molar-refractivity contribution in [1.29, 1.82) is 0 Å². The Morgan fingerprint density at radius 1 is 1.23 bits per heavy atom. The maximum absolute atomic E-state index is 12.8. The lowest BCUT2D eigenvalue weighted by Crippen LogP contribution is -2.22. The Bertz CT molecular complexity index is 1480. The fourth-order valence-electron chi connectivity index (χ4n) is 5.49. The lowest BCUT2D eigenvalue weighted by molar-refractivity contribution is 0.363. The molecule has 4 aliphatic carbocycles. The Labute approximate surface area is 176 Å². The molecule has 154 valence electrons. The molecule has 2 saturated carbocycles. The second-order valence-electron chi connectivity index (χ2n) is 8.50. The zero-order valence-corrected chi connectivity index (χ0v) is 16.9. The van der Waals surface area contributed by atoms with Crippen molar-refractivity contribution in [3.63, 3.8) is 0 Å². The number of ether oxygens (including phenoxy) is 1. The van der Waals surface area contributed by atoms with Crippen molar-refractivity contribution in [3.8, 4) is 5.75 Å². The summed E-state index contributed by atoms with van der Waals surface area (Å²) in [6, 6.07) is 8.23. The van der Waals surface area contributed by atoms with Crippen molar-refractivity contribution in [2.75, 3.05) is 7.11 Å². The predicted octanol–water partition coefficient (Wildman–Crippen LogP) is 1.92. The summed E-state index contributed by atoms with van der Waals surface area (Å²) in [6.45, 7) is 0.190. The van der Waals surface area contributed by atoms with Gasteiger partial charge in [0.1, 0.15) is 18.6 Å². The number of benzene rings is 1. The number of imidazole rings is 1. The summed E-state index contributed by atoms with van der Waals surface area (Å²) in [5.41, 5.74) is 4.78. The van der Waals surface area contributed by atoms with E-state index < -0.39 is 0 Å². The smallest absolute Gasteiger partial charge is 0.280 e. The van der Waals surface area contributed by atoms with Gasteiger partial charge in [-0.3, -0.25) is 9.36 Å². The molecule has 0 saturated heterocycles. The monoisotopic (exact) mass is 414 g/mol. The molecule has 0 radical (unpaired) electrons. The van der Waals surface area contributed by atoms with Crippen molar-refractivity contribution in [3.05, 3.63) is 70.1 Å². The molecule has 0 spiro atoms. The van der Waals surface area contributed by atoms with Crippen LogP contribution >= 0.6 is 0 Å². The summed E-state index contributed by atoms with van der Waals surface area (Å²) < 4.78 is 13.9. The molecule has 3 heterocycles. The molecule has 0 N–H and O–H groups in total. The van der Waals surface area contributed by atoms with Gasteiger partial charge in [0.2, 0.25) is 5.89 Å². The van der Waals surface area contributed by atoms with Crippen LogP contribution in [-0.2, 0) is 19.0 Å². The van der Waals surface area contributed by atoms with Crippen LogP contribution < -0.4 is 10.3 Å². The lowest BCUT2D eigenvalue weighted by Gasteiger charge is -2.03. The normalized spacial score (nSPS) is 25.2. The number of aryl methyl sites for hydroxylation is 1. The van der Waals surface area contributed by atoms with Gasteiger partial charge in [0, 0.05) is 13.0 Å². The molecule has 9 nitrogen and oxygen atoms in total. The fraction of sp³-hybridized carbons (Fsp3) is 0.318. The highest BCUT2D eigenvalue weighted by Gasteiger charge is 2.89.